The van der Waals surface area contributed by atoms with Crippen molar-refractivity contribution < 1.29 is 9.26 Å². The van der Waals surface area contributed by atoms with Crippen LogP contribution in [0.1, 0.15) is 42.4 Å². The summed E-state index contributed by atoms with van der Waals surface area (Å²) in [5.74, 6) is 2.45. The average Bonchev–Trinajstić information content (AvgIpc) is 3.26. The van der Waals surface area contributed by atoms with Gasteiger partial charge in [0.15, 0.2) is 5.82 Å². The van der Waals surface area contributed by atoms with E-state index < -0.39 is 0 Å². The van der Waals surface area contributed by atoms with Crippen molar-refractivity contribution in [1.82, 2.24) is 20.1 Å². The van der Waals surface area contributed by atoms with Crippen molar-refractivity contribution in [2.24, 2.45) is 5.92 Å². The summed E-state index contributed by atoms with van der Waals surface area (Å²) < 4.78 is 11.0. The van der Waals surface area contributed by atoms with Crippen LogP contribution in [0.5, 0.6) is 0 Å². The van der Waals surface area contributed by atoms with Gasteiger partial charge in [-0.3, -0.25) is 0 Å². The number of hydrogen-bond donors (Lipinski definition) is 1. The second-order valence-electron chi connectivity index (χ2n) is 6.26. The standard InChI is InChI=1S/C17H21N5O2S/c1-3-12-8-13-15(18-9-19-17(13)25-12)21-14(11-4-6-23-7-5-11)16-20-10(2)22-24-16/h8-9,11,14H,3-7H2,1-2H3,(H,18,19,21). The zero-order chi connectivity index (χ0) is 17.2. The Hall–Kier alpha value is -2.06. The third-order valence-electron chi connectivity index (χ3n) is 4.57. The van der Waals surface area contributed by atoms with E-state index in [-0.39, 0.29) is 6.04 Å². The third kappa shape index (κ3) is 3.36. The van der Waals surface area contributed by atoms with Crippen LogP contribution < -0.4 is 5.32 Å². The van der Waals surface area contributed by atoms with Gasteiger partial charge in [0, 0.05) is 18.1 Å². The summed E-state index contributed by atoms with van der Waals surface area (Å²) in [7, 11) is 0. The highest BCUT2D eigenvalue weighted by atomic mass is 32.1. The molecule has 0 saturated carbocycles. The van der Waals surface area contributed by atoms with Gasteiger partial charge in [-0.1, -0.05) is 12.1 Å². The lowest BCUT2D eigenvalue weighted by Gasteiger charge is -2.29. The van der Waals surface area contributed by atoms with E-state index in [1.807, 2.05) is 6.92 Å². The van der Waals surface area contributed by atoms with Crippen molar-refractivity contribution in [3.63, 3.8) is 0 Å². The Morgan fingerprint density at radius 1 is 1.32 bits per heavy atom. The molecule has 1 saturated heterocycles. The van der Waals surface area contributed by atoms with E-state index in [2.05, 4.69) is 38.4 Å². The molecule has 0 aliphatic carbocycles. The quantitative estimate of drug-likeness (QED) is 0.746. The molecule has 132 valence electrons. The Morgan fingerprint density at radius 2 is 2.16 bits per heavy atom. The van der Waals surface area contributed by atoms with Crippen molar-refractivity contribution in [1.29, 1.82) is 0 Å². The minimum Gasteiger partial charge on any atom is -0.381 e. The first kappa shape index (κ1) is 16.4. The number of nitrogens with zero attached hydrogens (tertiary/aromatic N) is 4. The van der Waals surface area contributed by atoms with Crippen LogP contribution in [0, 0.1) is 12.8 Å². The number of nitrogens with one attached hydrogen (secondary N) is 1. The first-order valence-corrected chi connectivity index (χ1v) is 9.44. The van der Waals surface area contributed by atoms with E-state index in [4.69, 9.17) is 9.26 Å². The summed E-state index contributed by atoms with van der Waals surface area (Å²) in [6.07, 6.45) is 4.52. The van der Waals surface area contributed by atoms with E-state index >= 15 is 0 Å². The maximum Gasteiger partial charge on any atom is 0.249 e. The van der Waals surface area contributed by atoms with Crippen molar-refractivity contribution in [2.45, 2.75) is 39.2 Å². The van der Waals surface area contributed by atoms with Crippen molar-refractivity contribution >= 4 is 27.4 Å². The fraction of sp³-hybridized carbons (Fsp3) is 0.529. The molecule has 3 aromatic rings. The molecule has 1 aliphatic heterocycles. The van der Waals surface area contributed by atoms with Crippen LogP contribution >= 0.6 is 11.3 Å². The van der Waals surface area contributed by atoms with Gasteiger partial charge in [0.1, 0.15) is 23.0 Å². The number of ether oxygens (including phenoxy) is 1. The maximum absolute atomic E-state index is 5.51. The number of rotatable bonds is 5. The lowest BCUT2D eigenvalue weighted by atomic mass is 9.91. The highest BCUT2D eigenvalue weighted by Gasteiger charge is 2.30. The third-order valence-corrected chi connectivity index (χ3v) is 5.76. The molecule has 4 heterocycles. The summed E-state index contributed by atoms with van der Waals surface area (Å²) in [6.45, 7) is 5.50. The van der Waals surface area contributed by atoms with Gasteiger partial charge >= 0.3 is 0 Å². The van der Waals surface area contributed by atoms with Gasteiger partial charge in [-0.15, -0.1) is 11.3 Å². The summed E-state index contributed by atoms with van der Waals surface area (Å²) in [5, 5.41) is 8.58. The molecule has 3 aromatic heterocycles. The minimum atomic E-state index is -0.0758. The molecule has 7 nitrogen and oxygen atoms in total. The fourth-order valence-electron chi connectivity index (χ4n) is 3.21. The maximum atomic E-state index is 5.51. The Balaban J connectivity index is 1.69. The zero-order valence-corrected chi connectivity index (χ0v) is 15.2. The van der Waals surface area contributed by atoms with E-state index in [0.29, 0.717) is 17.6 Å². The van der Waals surface area contributed by atoms with Gasteiger partial charge < -0.3 is 14.6 Å². The largest absolute Gasteiger partial charge is 0.381 e. The van der Waals surface area contributed by atoms with Gasteiger partial charge in [0.2, 0.25) is 5.89 Å². The molecule has 1 fully saturated rings. The van der Waals surface area contributed by atoms with Crippen LogP contribution in [0.2, 0.25) is 0 Å². The monoisotopic (exact) mass is 359 g/mol. The normalized spacial score (nSPS) is 17.0. The molecule has 1 unspecified atom stereocenters. The smallest absolute Gasteiger partial charge is 0.249 e. The number of aromatic nitrogens is 4. The molecule has 4 rings (SSSR count). The Kier molecular flexibility index (Phi) is 4.63. The van der Waals surface area contributed by atoms with Crippen molar-refractivity contribution in [3.05, 3.63) is 29.0 Å². The Morgan fingerprint density at radius 3 is 2.88 bits per heavy atom. The molecule has 0 radical (unpaired) electrons. The number of hydrogen-bond acceptors (Lipinski definition) is 8. The predicted molar refractivity (Wildman–Crippen MR) is 95.7 cm³/mol. The second-order valence-corrected chi connectivity index (χ2v) is 7.37. The van der Waals surface area contributed by atoms with Gasteiger partial charge in [-0.25, -0.2) is 9.97 Å². The van der Waals surface area contributed by atoms with Gasteiger partial charge in [-0.2, -0.15) is 4.98 Å². The number of fused-ring (bicyclic) bond motifs is 1. The van der Waals surface area contributed by atoms with Crippen molar-refractivity contribution in [2.75, 3.05) is 18.5 Å². The molecule has 1 aliphatic rings. The van der Waals surface area contributed by atoms with Crippen LogP contribution in [0.4, 0.5) is 5.82 Å². The lowest BCUT2D eigenvalue weighted by molar-refractivity contribution is 0.0571. The molecule has 0 bridgehead atoms. The van der Waals surface area contributed by atoms with E-state index in [1.54, 1.807) is 17.7 Å². The van der Waals surface area contributed by atoms with Crippen LogP contribution in [-0.2, 0) is 11.2 Å². The average molecular weight is 359 g/mol. The lowest BCUT2D eigenvalue weighted by Crippen LogP contribution is -2.27. The molecule has 0 amide bonds. The Bertz CT molecular complexity index is 856. The van der Waals surface area contributed by atoms with Gasteiger partial charge in [0.25, 0.3) is 0 Å². The number of aryl methyl sites for hydroxylation is 2. The molecular formula is C17H21N5O2S. The topological polar surface area (TPSA) is 86.0 Å². The first-order valence-electron chi connectivity index (χ1n) is 8.62. The first-order chi connectivity index (χ1) is 12.2. The SMILES string of the molecule is CCc1cc2c(NC(c3nc(C)no3)C3CCOCC3)ncnc2s1. The van der Waals surface area contributed by atoms with Crippen LogP contribution in [0.15, 0.2) is 16.9 Å². The van der Waals surface area contributed by atoms with Gasteiger partial charge in [-0.05, 0) is 38.2 Å². The van der Waals surface area contributed by atoms with E-state index in [1.165, 1.54) is 4.88 Å². The summed E-state index contributed by atoms with van der Waals surface area (Å²) >= 11 is 1.71. The van der Waals surface area contributed by atoms with Crippen molar-refractivity contribution in [3.8, 4) is 0 Å². The molecule has 1 N–H and O–H groups in total. The van der Waals surface area contributed by atoms with Crippen LogP contribution in [-0.4, -0.2) is 33.3 Å². The fourth-order valence-corrected chi connectivity index (χ4v) is 4.15. The second kappa shape index (κ2) is 7.05. The minimum absolute atomic E-state index is 0.0758. The zero-order valence-electron chi connectivity index (χ0n) is 14.4. The number of anilines is 1. The summed E-state index contributed by atoms with van der Waals surface area (Å²) in [4.78, 5) is 15.7. The van der Waals surface area contributed by atoms with Crippen LogP contribution in [0.3, 0.4) is 0 Å². The summed E-state index contributed by atoms with van der Waals surface area (Å²) in [6, 6.07) is 2.09. The van der Waals surface area contributed by atoms with Crippen LogP contribution in [0.25, 0.3) is 10.2 Å². The predicted octanol–water partition coefficient (Wildman–Crippen LogP) is 3.52. The molecular weight excluding hydrogens is 338 g/mol. The molecule has 1 atom stereocenters. The van der Waals surface area contributed by atoms with E-state index in [0.717, 1.165) is 48.5 Å². The molecule has 8 heteroatoms. The Labute approximate surface area is 149 Å². The molecule has 25 heavy (non-hydrogen) atoms. The highest BCUT2D eigenvalue weighted by Crippen LogP contribution is 2.35. The number of thiophene rings is 1. The van der Waals surface area contributed by atoms with E-state index in [9.17, 15) is 0 Å². The molecule has 0 spiro atoms. The highest BCUT2D eigenvalue weighted by molar-refractivity contribution is 7.18. The summed E-state index contributed by atoms with van der Waals surface area (Å²) in [5.41, 5.74) is 0. The molecule has 0 aromatic carbocycles. The van der Waals surface area contributed by atoms with Gasteiger partial charge in [0.05, 0.1) is 5.39 Å².